The number of nitrogens with zero attached hydrogens (tertiary/aromatic N) is 1. The number of rotatable bonds is 2. The quantitative estimate of drug-likeness (QED) is 0.675. The van der Waals surface area contributed by atoms with Crippen LogP contribution in [0.3, 0.4) is 0 Å². The maximum absolute atomic E-state index is 13.9. The minimum atomic E-state index is -4.70. The molecule has 0 radical (unpaired) electrons. The normalized spacial score (nSPS) is 21.2. The Balaban J connectivity index is 2.03. The van der Waals surface area contributed by atoms with Crippen LogP contribution in [0.4, 0.5) is 23.7 Å². The van der Waals surface area contributed by atoms with E-state index in [4.69, 9.17) is 0 Å². The van der Waals surface area contributed by atoms with Gasteiger partial charge in [0.05, 0.1) is 10.7 Å². The largest absolute Gasteiger partial charge is 0.425 e. The van der Waals surface area contributed by atoms with E-state index in [9.17, 15) is 18.0 Å². The number of hydrogen-bond donors (Lipinski definition) is 1. The number of nitrogens with one attached hydrogen (secondary N) is 1. The van der Waals surface area contributed by atoms with Crippen LogP contribution in [0.2, 0.25) is 0 Å². The molecule has 1 aliphatic rings. The molecule has 2 aromatic rings. The van der Waals surface area contributed by atoms with Gasteiger partial charge in [-0.05, 0) is 29.8 Å². The summed E-state index contributed by atoms with van der Waals surface area (Å²) in [5.74, 6) is 0. The van der Waals surface area contributed by atoms with Gasteiger partial charge in [-0.25, -0.2) is 4.79 Å². The summed E-state index contributed by atoms with van der Waals surface area (Å²) in [7, 11) is 0. The molecule has 130 valence electrons. The summed E-state index contributed by atoms with van der Waals surface area (Å²) in [6.45, 7) is 3.70. The molecule has 0 spiro atoms. The van der Waals surface area contributed by atoms with Crippen LogP contribution in [0.15, 0.2) is 70.7 Å². The third-order valence-corrected chi connectivity index (χ3v) is 5.49. The molecular formula is C17H12BrF3N2OS. The highest BCUT2D eigenvalue weighted by atomic mass is 79.9. The van der Waals surface area contributed by atoms with Gasteiger partial charge in [0.2, 0.25) is 4.87 Å². The lowest BCUT2D eigenvalue weighted by Crippen LogP contribution is -2.60. The Kier molecular flexibility index (Phi) is 4.59. The van der Waals surface area contributed by atoms with Gasteiger partial charge >= 0.3 is 12.2 Å². The number of amides is 2. The highest BCUT2D eigenvalue weighted by molar-refractivity contribution is 9.10. The van der Waals surface area contributed by atoms with E-state index in [0.29, 0.717) is 17.4 Å². The second-order valence-corrected chi connectivity index (χ2v) is 7.49. The van der Waals surface area contributed by atoms with Crippen molar-refractivity contribution in [2.24, 2.45) is 0 Å². The minimum Gasteiger partial charge on any atom is -0.311 e. The van der Waals surface area contributed by atoms with Crippen molar-refractivity contribution in [1.82, 2.24) is 5.32 Å². The second kappa shape index (κ2) is 6.42. The van der Waals surface area contributed by atoms with Crippen molar-refractivity contribution in [2.75, 3.05) is 4.90 Å². The van der Waals surface area contributed by atoms with Crippen LogP contribution < -0.4 is 10.2 Å². The molecule has 3 nitrogen and oxygen atoms in total. The molecule has 0 aliphatic carbocycles. The zero-order valence-corrected chi connectivity index (χ0v) is 15.1. The zero-order chi connectivity index (χ0) is 18.2. The van der Waals surface area contributed by atoms with E-state index in [2.05, 4.69) is 27.8 Å². The van der Waals surface area contributed by atoms with Gasteiger partial charge in [0.25, 0.3) is 0 Å². The molecular weight excluding hydrogens is 417 g/mol. The molecule has 1 atom stereocenters. The van der Waals surface area contributed by atoms with Gasteiger partial charge in [0.1, 0.15) is 0 Å². The van der Waals surface area contributed by atoms with Crippen molar-refractivity contribution in [3.8, 4) is 0 Å². The Morgan fingerprint density at radius 1 is 1.08 bits per heavy atom. The predicted octanol–water partition coefficient (Wildman–Crippen LogP) is 5.60. The maximum Gasteiger partial charge on any atom is 0.425 e. The summed E-state index contributed by atoms with van der Waals surface area (Å²) in [5.41, 5.74) is 0.375. The summed E-state index contributed by atoms with van der Waals surface area (Å²) in [6.07, 6.45) is -4.70. The molecule has 0 saturated carbocycles. The third-order valence-electron chi connectivity index (χ3n) is 3.67. The van der Waals surface area contributed by atoms with Crippen molar-refractivity contribution in [3.05, 3.63) is 76.2 Å². The van der Waals surface area contributed by atoms with E-state index >= 15 is 0 Å². The van der Waals surface area contributed by atoms with Crippen molar-refractivity contribution in [3.63, 3.8) is 0 Å². The number of alkyl halides is 3. The number of benzene rings is 2. The maximum atomic E-state index is 13.9. The molecule has 1 fully saturated rings. The van der Waals surface area contributed by atoms with E-state index in [1.807, 2.05) is 0 Å². The highest BCUT2D eigenvalue weighted by Crippen LogP contribution is 2.53. The van der Waals surface area contributed by atoms with Gasteiger partial charge in [-0.15, -0.1) is 0 Å². The molecule has 1 heterocycles. The Morgan fingerprint density at radius 2 is 1.68 bits per heavy atom. The first kappa shape index (κ1) is 17.9. The Morgan fingerprint density at radius 3 is 2.20 bits per heavy atom. The summed E-state index contributed by atoms with van der Waals surface area (Å²) in [6, 6.07) is 13.0. The van der Waals surface area contributed by atoms with E-state index in [-0.39, 0.29) is 10.6 Å². The van der Waals surface area contributed by atoms with Crippen LogP contribution in [0.1, 0.15) is 5.56 Å². The van der Waals surface area contributed by atoms with Crippen LogP contribution in [-0.4, -0.2) is 12.2 Å². The Labute approximate surface area is 155 Å². The fourth-order valence-corrected chi connectivity index (χ4v) is 3.92. The summed E-state index contributed by atoms with van der Waals surface area (Å²) >= 11 is 3.75. The zero-order valence-electron chi connectivity index (χ0n) is 12.7. The first-order valence-electron chi connectivity index (χ1n) is 7.12. The minimum absolute atomic E-state index is 0.00718. The van der Waals surface area contributed by atoms with Crippen molar-refractivity contribution in [2.45, 2.75) is 11.0 Å². The second-order valence-electron chi connectivity index (χ2n) is 5.28. The summed E-state index contributed by atoms with van der Waals surface area (Å²) in [5, 5.41) is 2.12. The molecule has 3 rings (SSSR count). The van der Waals surface area contributed by atoms with Crippen LogP contribution in [0.25, 0.3) is 0 Å². The number of thioether (sulfide) groups is 1. The van der Waals surface area contributed by atoms with Gasteiger partial charge < -0.3 is 5.32 Å². The van der Waals surface area contributed by atoms with Crippen molar-refractivity contribution < 1.29 is 18.0 Å². The van der Waals surface area contributed by atoms with Crippen LogP contribution in [-0.2, 0) is 4.87 Å². The number of hydrogen-bond acceptors (Lipinski definition) is 2. The van der Waals surface area contributed by atoms with E-state index in [0.717, 1.165) is 9.37 Å². The summed E-state index contributed by atoms with van der Waals surface area (Å²) < 4.78 is 42.5. The van der Waals surface area contributed by atoms with Gasteiger partial charge in [-0.1, -0.05) is 64.6 Å². The average molecular weight is 429 g/mol. The number of urea groups is 1. The lowest BCUT2D eigenvalue weighted by Gasteiger charge is -2.43. The number of halogens is 4. The van der Waals surface area contributed by atoms with Crippen molar-refractivity contribution in [1.29, 1.82) is 0 Å². The molecule has 0 bridgehead atoms. The molecule has 2 amide bonds. The first-order valence-corrected chi connectivity index (χ1v) is 8.73. The topological polar surface area (TPSA) is 32.3 Å². The SMILES string of the molecule is C=C1S[C@@](c2ccccc2)(C(F)(F)F)NC(=O)N1c1ccc(Br)cc1. The van der Waals surface area contributed by atoms with E-state index in [1.165, 1.54) is 24.3 Å². The summed E-state index contributed by atoms with van der Waals surface area (Å²) in [4.78, 5) is 11.1. The molecule has 1 aliphatic heterocycles. The predicted molar refractivity (Wildman–Crippen MR) is 96.1 cm³/mol. The molecule has 0 unspecified atom stereocenters. The van der Waals surface area contributed by atoms with Gasteiger partial charge in [-0.3, -0.25) is 4.90 Å². The van der Waals surface area contributed by atoms with Crippen LogP contribution >= 0.6 is 27.7 Å². The lowest BCUT2D eigenvalue weighted by molar-refractivity contribution is -0.167. The third kappa shape index (κ3) is 3.16. The number of carbonyl (C=O) groups excluding carboxylic acids is 1. The highest BCUT2D eigenvalue weighted by Gasteiger charge is 2.61. The smallest absolute Gasteiger partial charge is 0.311 e. The molecule has 2 aromatic carbocycles. The van der Waals surface area contributed by atoms with E-state index in [1.54, 1.807) is 30.3 Å². The molecule has 8 heteroatoms. The number of carbonyl (C=O) groups is 1. The van der Waals surface area contributed by atoms with Gasteiger partial charge in [0.15, 0.2) is 0 Å². The molecule has 1 saturated heterocycles. The molecule has 25 heavy (non-hydrogen) atoms. The van der Waals surface area contributed by atoms with Crippen LogP contribution in [0.5, 0.6) is 0 Å². The molecule has 1 N–H and O–H groups in total. The molecule has 0 aromatic heterocycles. The van der Waals surface area contributed by atoms with E-state index < -0.39 is 17.1 Å². The first-order chi connectivity index (χ1) is 11.7. The van der Waals surface area contributed by atoms with Gasteiger partial charge in [0, 0.05) is 4.47 Å². The van der Waals surface area contributed by atoms with Crippen molar-refractivity contribution >= 4 is 39.4 Å². The fraction of sp³-hybridized carbons (Fsp3) is 0.118. The standard InChI is InChI=1S/C17H12BrF3N2OS/c1-11-23(14-9-7-13(18)8-10-14)15(24)22-16(25-11,17(19,20)21)12-5-3-2-4-6-12/h2-10H,1H2,(H,22,24)/t16-/m0/s1. The average Bonchev–Trinajstić information content (AvgIpc) is 2.55. The van der Waals surface area contributed by atoms with Gasteiger partial charge in [-0.2, -0.15) is 13.2 Å². The fourth-order valence-electron chi connectivity index (χ4n) is 2.52. The van der Waals surface area contributed by atoms with Crippen LogP contribution in [0, 0.1) is 0 Å². The lowest BCUT2D eigenvalue weighted by atomic mass is 10.1. The number of anilines is 1. The Hall–Kier alpha value is -1.93. The monoisotopic (exact) mass is 428 g/mol. The Bertz CT molecular complexity index is 791.